The van der Waals surface area contributed by atoms with Crippen LogP contribution in [0.2, 0.25) is 0 Å². The van der Waals surface area contributed by atoms with Crippen molar-refractivity contribution in [1.82, 2.24) is 4.90 Å². The molecule has 0 N–H and O–H groups in total. The number of unbranched alkanes of at least 4 members (excludes halogenated alkanes) is 1. The molecule has 7 heteroatoms. The van der Waals surface area contributed by atoms with Gasteiger partial charge >= 0.3 is 0 Å². The van der Waals surface area contributed by atoms with Crippen LogP contribution in [0.4, 0.5) is 10.2 Å². The van der Waals surface area contributed by atoms with E-state index in [1.807, 2.05) is 18.2 Å². The number of methoxy groups -OCH3 is 1. The third-order valence-electron chi connectivity index (χ3n) is 5.49. The topological polar surface area (TPSA) is 60.4 Å². The van der Waals surface area contributed by atoms with E-state index in [9.17, 15) is 9.32 Å². The van der Waals surface area contributed by atoms with Crippen molar-refractivity contribution in [3.8, 4) is 11.5 Å². The molecule has 2 aliphatic rings. The van der Waals surface area contributed by atoms with Gasteiger partial charge in [-0.1, -0.05) is 19.4 Å². The molecule has 0 aliphatic carbocycles. The minimum atomic E-state index is -0.259. The molecule has 2 aromatic rings. The zero-order valence-electron chi connectivity index (χ0n) is 17.2. The van der Waals surface area contributed by atoms with Gasteiger partial charge in [0.1, 0.15) is 12.4 Å². The van der Waals surface area contributed by atoms with Gasteiger partial charge in [0, 0.05) is 36.4 Å². The second-order valence-corrected chi connectivity index (χ2v) is 7.54. The van der Waals surface area contributed by atoms with Crippen molar-refractivity contribution in [2.45, 2.75) is 39.3 Å². The van der Waals surface area contributed by atoms with Gasteiger partial charge in [-0.15, -0.1) is 0 Å². The number of nitrogens with zero attached hydrogens (tertiary/aromatic N) is 2. The van der Waals surface area contributed by atoms with Gasteiger partial charge in [0.2, 0.25) is 0 Å². The van der Waals surface area contributed by atoms with Gasteiger partial charge in [-0.05, 0) is 42.2 Å². The highest BCUT2D eigenvalue weighted by Gasteiger charge is 2.30. The van der Waals surface area contributed by atoms with Gasteiger partial charge in [-0.3, -0.25) is 14.7 Å². The first-order valence-electron chi connectivity index (χ1n) is 10.2. The van der Waals surface area contributed by atoms with E-state index in [4.69, 9.17) is 9.47 Å². The smallest absolute Gasteiger partial charge is 0.258 e. The number of hydrogen-bond acceptors (Lipinski definition) is 5. The van der Waals surface area contributed by atoms with Crippen LogP contribution in [0.1, 0.15) is 53.2 Å². The third-order valence-corrected chi connectivity index (χ3v) is 5.49. The van der Waals surface area contributed by atoms with E-state index in [1.54, 1.807) is 18.1 Å². The molecule has 0 atom stereocenters. The first kappa shape index (κ1) is 20.3. The lowest BCUT2D eigenvalue weighted by atomic mass is 9.94. The van der Waals surface area contributed by atoms with Crippen LogP contribution >= 0.6 is 0 Å². The zero-order chi connectivity index (χ0) is 21.1. The summed E-state index contributed by atoms with van der Waals surface area (Å²) in [4.78, 5) is 23.3. The molecule has 0 fully saturated rings. The molecule has 2 aliphatic heterocycles. The van der Waals surface area contributed by atoms with Crippen molar-refractivity contribution in [2.24, 2.45) is 4.99 Å². The Labute approximate surface area is 175 Å². The lowest BCUT2D eigenvalue weighted by Gasteiger charge is -2.22. The summed E-state index contributed by atoms with van der Waals surface area (Å²) < 4.78 is 23.8. The fourth-order valence-electron chi connectivity index (χ4n) is 3.83. The molecule has 0 radical (unpaired) electrons. The molecule has 0 aromatic heterocycles. The molecule has 6 nitrogen and oxygen atoms in total. The molecule has 1 amide bonds. The maximum absolute atomic E-state index is 13.2. The van der Waals surface area contributed by atoms with Gasteiger partial charge in [0.25, 0.3) is 5.91 Å². The second-order valence-electron chi connectivity index (χ2n) is 7.54. The van der Waals surface area contributed by atoms with Crippen LogP contribution in [0.25, 0.3) is 0 Å². The van der Waals surface area contributed by atoms with E-state index in [2.05, 4.69) is 16.9 Å². The number of hydrogen-bond donors (Lipinski definition) is 0. The minimum Gasteiger partial charge on any atom is -0.491 e. The first-order chi connectivity index (χ1) is 14.6. The normalized spacial score (nSPS) is 14.0. The molecule has 0 unspecified atom stereocenters. The number of aliphatic imine (C=N–C) groups is 1. The predicted octanol–water partition coefficient (Wildman–Crippen LogP) is 4.76. The molecular formula is C23H25FN2O4. The lowest BCUT2D eigenvalue weighted by molar-refractivity contribution is -0.00755. The largest absolute Gasteiger partial charge is 0.491 e. The van der Waals surface area contributed by atoms with E-state index < -0.39 is 0 Å². The molecule has 30 heavy (non-hydrogen) atoms. The quantitative estimate of drug-likeness (QED) is 0.558. The Bertz CT molecular complexity index is 989. The van der Waals surface area contributed by atoms with Crippen LogP contribution in [0.15, 0.2) is 35.3 Å². The fraction of sp³-hybridized carbons (Fsp3) is 0.391. The van der Waals surface area contributed by atoms with Crippen molar-refractivity contribution in [1.29, 1.82) is 0 Å². The fourth-order valence-corrected chi connectivity index (χ4v) is 3.83. The maximum atomic E-state index is 13.2. The predicted molar refractivity (Wildman–Crippen MR) is 111 cm³/mol. The number of carbonyl (C=O) groups is 1. The summed E-state index contributed by atoms with van der Waals surface area (Å²) in [7, 11) is 1.63. The maximum Gasteiger partial charge on any atom is 0.258 e. The van der Waals surface area contributed by atoms with E-state index in [-0.39, 0.29) is 17.2 Å². The Balaban J connectivity index is 1.50. The Morgan fingerprint density at radius 3 is 2.77 bits per heavy atom. The van der Waals surface area contributed by atoms with Crippen LogP contribution < -0.4 is 9.68 Å². The summed E-state index contributed by atoms with van der Waals surface area (Å²) in [5.41, 5.74) is 4.86. The number of ether oxygens (including phenoxy) is 2. The highest BCUT2D eigenvalue weighted by atomic mass is 19.3. The van der Waals surface area contributed by atoms with Gasteiger partial charge < -0.3 is 14.4 Å². The van der Waals surface area contributed by atoms with Gasteiger partial charge in [-0.25, -0.2) is 0 Å². The SMILES string of the molecule is CCCCC1=Nc2cc(OF)c(C(=O)N3Cc4ccc(OCCOC)cc4C3)cc21. The molecule has 158 valence electrons. The average Bonchev–Trinajstić information content (AvgIpc) is 3.17. The van der Waals surface area contributed by atoms with Crippen LogP contribution in [0, 0.1) is 0 Å². The number of halogens is 1. The molecule has 2 aromatic carbocycles. The van der Waals surface area contributed by atoms with E-state index in [1.165, 1.54) is 6.07 Å². The number of rotatable bonds is 9. The highest BCUT2D eigenvalue weighted by molar-refractivity contribution is 6.14. The summed E-state index contributed by atoms with van der Waals surface area (Å²) in [5, 5.41) is 0. The molecule has 4 rings (SSSR count). The number of benzene rings is 2. The Hall–Kier alpha value is -2.93. The second kappa shape index (κ2) is 8.83. The van der Waals surface area contributed by atoms with Gasteiger partial charge in [-0.2, -0.15) is 0 Å². The Morgan fingerprint density at radius 1 is 1.17 bits per heavy atom. The first-order valence-corrected chi connectivity index (χ1v) is 10.2. The summed E-state index contributed by atoms with van der Waals surface area (Å²) in [5.74, 6) is 0.396. The van der Waals surface area contributed by atoms with Crippen molar-refractivity contribution >= 4 is 17.3 Å². The number of fused-ring (bicyclic) bond motifs is 2. The Kier molecular flexibility index (Phi) is 5.99. The van der Waals surface area contributed by atoms with Crippen molar-refractivity contribution in [3.63, 3.8) is 0 Å². The highest BCUT2D eigenvalue weighted by Crippen LogP contribution is 2.39. The molecule has 0 saturated carbocycles. The van der Waals surface area contributed by atoms with Crippen LogP contribution in [0.5, 0.6) is 11.5 Å². The summed E-state index contributed by atoms with van der Waals surface area (Å²) in [6.07, 6.45) is 2.95. The molecule has 0 spiro atoms. The molecule has 2 heterocycles. The zero-order valence-corrected chi connectivity index (χ0v) is 17.2. The Morgan fingerprint density at radius 2 is 2.00 bits per heavy atom. The molecular weight excluding hydrogens is 387 g/mol. The molecule has 0 bridgehead atoms. The van der Waals surface area contributed by atoms with Crippen molar-refractivity contribution in [2.75, 3.05) is 20.3 Å². The molecule has 0 saturated heterocycles. The van der Waals surface area contributed by atoms with Crippen LogP contribution in [-0.4, -0.2) is 36.8 Å². The van der Waals surface area contributed by atoms with Crippen LogP contribution in [-0.2, 0) is 17.8 Å². The summed E-state index contributed by atoms with van der Waals surface area (Å²) in [6.45, 7) is 4.00. The monoisotopic (exact) mass is 412 g/mol. The number of carbonyl (C=O) groups excluding carboxylic acids is 1. The van der Waals surface area contributed by atoms with Gasteiger partial charge in [0.05, 0.1) is 23.6 Å². The van der Waals surface area contributed by atoms with E-state index >= 15 is 0 Å². The van der Waals surface area contributed by atoms with Crippen LogP contribution in [0.3, 0.4) is 0 Å². The third kappa shape index (κ3) is 3.89. The van der Waals surface area contributed by atoms with Crippen molar-refractivity contribution < 1.29 is 23.7 Å². The average molecular weight is 412 g/mol. The summed E-state index contributed by atoms with van der Waals surface area (Å²) in [6, 6.07) is 9.01. The number of amides is 1. The van der Waals surface area contributed by atoms with Gasteiger partial charge in [0.15, 0.2) is 5.75 Å². The minimum absolute atomic E-state index is 0.0865. The van der Waals surface area contributed by atoms with Crippen molar-refractivity contribution in [3.05, 3.63) is 52.6 Å². The van der Waals surface area contributed by atoms with E-state index in [0.29, 0.717) is 32.0 Å². The van der Waals surface area contributed by atoms with E-state index in [0.717, 1.165) is 47.4 Å². The lowest BCUT2D eigenvalue weighted by Crippen LogP contribution is -2.26. The standard InChI is InChI=1S/C23H25FN2O4/c1-3-4-5-20-18-11-19(22(30-24)12-21(18)25-20)23(27)26-13-15-6-7-17(10-16(15)14-26)29-9-8-28-2/h6-7,10-12H,3-5,8-9,13-14H2,1-2H3. The summed E-state index contributed by atoms with van der Waals surface area (Å²) >= 11 is 0.